The summed E-state index contributed by atoms with van der Waals surface area (Å²) in [5.74, 6) is 0. The van der Waals surface area contributed by atoms with Gasteiger partial charge in [-0.25, -0.2) is 0 Å². The van der Waals surface area contributed by atoms with Crippen molar-refractivity contribution in [1.82, 2.24) is 0 Å². The number of fused-ring (bicyclic) bond motifs is 2. The Kier molecular flexibility index (Phi) is 5.25. The van der Waals surface area contributed by atoms with Crippen LogP contribution in [0.5, 0.6) is 0 Å². The Morgan fingerprint density at radius 2 is 1.04 bits per heavy atom. The van der Waals surface area contributed by atoms with E-state index in [1.807, 2.05) is 25.1 Å². The zero-order valence-electron chi connectivity index (χ0n) is 28.5. The van der Waals surface area contributed by atoms with E-state index in [0.29, 0.717) is 0 Å². The van der Waals surface area contributed by atoms with Gasteiger partial charge in [0.25, 0.3) is 0 Å². The standard InChI is InChI=1S/C45H33N/c1-45(2)41-14-8-11-33-19-20-37-26-31(27-42(45)44(37)43(33)41)16-15-30-17-18-36-29-40(24-22-35(36)25-30)46(38-12-4-3-5-13-38)39-23-21-32-9-6-7-10-34(32)28-39/h3-29H,1-2H3/b16-15+/i1D3. The number of hydrogen-bond donors (Lipinski definition) is 0. The molecule has 0 N–H and O–H groups in total. The van der Waals surface area contributed by atoms with E-state index in [0.717, 1.165) is 71.6 Å². The van der Waals surface area contributed by atoms with Crippen molar-refractivity contribution in [2.45, 2.75) is 19.2 Å². The Morgan fingerprint density at radius 1 is 0.457 bits per heavy atom. The summed E-state index contributed by atoms with van der Waals surface area (Å²) in [6, 6.07) is 53.3. The van der Waals surface area contributed by atoms with E-state index in [1.54, 1.807) is 0 Å². The third kappa shape index (κ3) is 4.24. The van der Waals surface area contributed by atoms with Crippen molar-refractivity contribution in [2.24, 2.45) is 0 Å². The minimum Gasteiger partial charge on any atom is -0.310 e. The van der Waals surface area contributed by atoms with Crippen LogP contribution < -0.4 is 4.90 Å². The highest BCUT2D eigenvalue weighted by Crippen LogP contribution is 2.49. The molecule has 0 heterocycles. The number of benzene rings is 8. The van der Waals surface area contributed by atoms with Crippen LogP contribution in [-0.4, -0.2) is 0 Å². The lowest BCUT2D eigenvalue weighted by atomic mass is 9.81. The molecule has 0 aliphatic heterocycles. The van der Waals surface area contributed by atoms with Gasteiger partial charge in [0.2, 0.25) is 0 Å². The molecular formula is C45H33N. The highest BCUT2D eigenvalue weighted by molar-refractivity contribution is 6.15. The fraction of sp³-hybridized carbons (Fsp3) is 0.0667. The van der Waals surface area contributed by atoms with Gasteiger partial charge in [0.1, 0.15) is 0 Å². The normalized spacial score (nSPS) is 16.8. The minimum absolute atomic E-state index is 0.886. The van der Waals surface area contributed by atoms with Gasteiger partial charge in [-0.05, 0) is 114 Å². The first kappa shape index (κ1) is 23.7. The first-order valence-corrected chi connectivity index (χ1v) is 15.8. The van der Waals surface area contributed by atoms with Crippen LogP contribution in [-0.2, 0) is 5.41 Å². The fourth-order valence-corrected chi connectivity index (χ4v) is 7.35. The van der Waals surface area contributed by atoms with Gasteiger partial charge in [-0.15, -0.1) is 0 Å². The van der Waals surface area contributed by atoms with E-state index in [9.17, 15) is 0 Å². The topological polar surface area (TPSA) is 3.24 Å². The highest BCUT2D eigenvalue weighted by atomic mass is 15.1. The van der Waals surface area contributed by atoms with Gasteiger partial charge < -0.3 is 4.90 Å². The molecule has 1 atom stereocenters. The number of nitrogens with zero attached hydrogens (tertiary/aromatic N) is 1. The molecule has 8 aromatic carbocycles. The smallest absolute Gasteiger partial charge is 0.0468 e. The summed E-state index contributed by atoms with van der Waals surface area (Å²) in [6.07, 6.45) is 4.23. The molecule has 0 spiro atoms. The predicted octanol–water partition coefficient (Wildman–Crippen LogP) is 12.6. The Hall–Kier alpha value is -5.66. The summed E-state index contributed by atoms with van der Waals surface area (Å²) in [5, 5.41) is 9.05. The van der Waals surface area contributed by atoms with Crippen LogP contribution in [0.4, 0.5) is 17.1 Å². The molecule has 0 saturated heterocycles. The lowest BCUT2D eigenvalue weighted by Crippen LogP contribution is -2.15. The molecule has 1 unspecified atom stereocenters. The van der Waals surface area contributed by atoms with Gasteiger partial charge >= 0.3 is 0 Å². The van der Waals surface area contributed by atoms with Crippen molar-refractivity contribution >= 4 is 72.3 Å². The Bertz CT molecular complexity index is 2620. The second kappa shape index (κ2) is 10.2. The van der Waals surface area contributed by atoms with Gasteiger partial charge in [-0.1, -0.05) is 129 Å². The summed E-state index contributed by atoms with van der Waals surface area (Å²) < 4.78 is 25.8. The van der Waals surface area contributed by atoms with Crippen molar-refractivity contribution in [3.63, 3.8) is 0 Å². The lowest BCUT2D eigenvalue weighted by Gasteiger charge is -2.26. The molecule has 0 amide bonds. The molecule has 8 aromatic rings. The van der Waals surface area contributed by atoms with Gasteiger partial charge in [0.05, 0.1) is 0 Å². The highest BCUT2D eigenvalue weighted by Gasteiger charge is 2.33. The molecule has 218 valence electrons. The summed E-state index contributed by atoms with van der Waals surface area (Å²) in [5.41, 5.74) is 6.11. The van der Waals surface area contributed by atoms with Crippen molar-refractivity contribution in [1.29, 1.82) is 0 Å². The van der Waals surface area contributed by atoms with E-state index in [2.05, 4.69) is 151 Å². The Morgan fingerprint density at radius 3 is 1.87 bits per heavy atom. The number of anilines is 3. The molecule has 0 bridgehead atoms. The van der Waals surface area contributed by atoms with Crippen molar-refractivity contribution < 1.29 is 4.11 Å². The molecule has 0 fully saturated rings. The van der Waals surface area contributed by atoms with Crippen LogP contribution >= 0.6 is 0 Å². The van der Waals surface area contributed by atoms with Gasteiger partial charge in [-0.2, -0.15) is 0 Å². The molecule has 1 heteroatoms. The number of para-hydroxylation sites is 1. The molecule has 0 saturated carbocycles. The van der Waals surface area contributed by atoms with Crippen LogP contribution in [0.25, 0.3) is 55.2 Å². The lowest BCUT2D eigenvalue weighted by molar-refractivity contribution is 0.662. The van der Waals surface area contributed by atoms with Crippen LogP contribution in [0.2, 0.25) is 0 Å². The SMILES string of the molecule is [2H]C([2H])([2H])C1(C)c2cccc3ccc4cc(/C=C/c5ccc6cc(N(c7ccccc7)c7ccc8ccccc8c7)ccc6c5)cc1c4c23. The van der Waals surface area contributed by atoms with Crippen LogP contribution in [0, 0.1) is 0 Å². The average Bonchev–Trinajstić information content (AvgIpc) is 3.40. The summed E-state index contributed by atoms with van der Waals surface area (Å²) in [6.45, 7) is -0.301. The Labute approximate surface area is 273 Å². The molecule has 1 aliphatic rings. The van der Waals surface area contributed by atoms with E-state index in [-0.39, 0.29) is 0 Å². The quantitative estimate of drug-likeness (QED) is 0.142. The van der Waals surface area contributed by atoms with Crippen molar-refractivity contribution in [3.8, 4) is 0 Å². The molecule has 0 aromatic heterocycles. The minimum atomic E-state index is -2.18. The molecule has 1 aliphatic carbocycles. The van der Waals surface area contributed by atoms with Gasteiger partial charge in [-0.3, -0.25) is 0 Å². The monoisotopic (exact) mass is 590 g/mol. The van der Waals surface area contributed by atoms with Gasteiger partial charge in [0, 0.05) is 26.6 Å². The Balaban J connectivity index is 1.08. The van der Waals surface area contributed by atoms with E-state index in [4.69, 9.17) is 4.11 Å². The molecule has 46 heavy (non-hydrogen) atoms. The number of hydrogen-bond acceptors (Lipinski definition) is 1. The summed E-state index contributed by atoms with van der Waals surface area (Å²) in [7, 11) is 0. The summed E-state index contributed by atoms with van der Waals surface area (Å²) >= 11 is 0. The third-order valence-electron chi connectivity index (χ3n) is 9.64. The second-order valence-corrected chi connectivity index (χ2v) is 12.6. The van der Waals surface area contributed by atoms with Crippen LogP contribution in [0.15, 0.2) is 152 Å². The first-order valence-electron chi connectivity index (χ1n) is 17.3. The van der Waals surface area contributed by atoms with E-state index in [1.165, 1.54) is 10.8 Å². The van der Waals surface area contributed by atoms with E-state index < -0.39 is 12.3 Å². The van der Waals surface area contributed by atoms with Crippen molar-refractivity contribution in [3.05, 3.63) is 174 Å². The first-order chi connectivity index (χ1) is 23.8. The maximum absolute atomic E-state index is 8.60. The predicted molar refractivity (Wildman–Crippen MR) is 199 cm³/mol. The molecule has 9 rings (SSSR count). The van der Waals surface area contributed by atoms with E-state index >= 15 is 0 Å². The largest absolute Gasteiger partial charge is 0.310 e. The van der Waals surface area contributed by atoms with Gasteiger partial charge in [0.15, 0.2) is 0 Å². The fourth-order valence-electron chi connectivity index (χ4n) is 7.35. The zero-order chi connectivity index (χ0) is 33.3. The van der Waals surface area contributed by atoms with Crippen LogP contribution in [0.3, 0.4) is 0 Å². The average molecular weight is 591 g/mol. The molecule has 1 nitrogen and oxygen atoms in total. The van der Waals surface area contributed by atoms with Crippen LogP contribution in [0.1, 0.15) is 40.1 Å². The molecule has 0 radical (unpaired) electrons. The maximum atomic E-state index is 8.60. The third-order valence-corrected chi connectivity index (χ3v) is 9.64. The van der Waals surface area contributed by atoms with Crippen molar-refractivity contribution in [2.75, 3.05) is 4.90 Å². The zero-order valence-corrected chi connectivity index (χ0v) is 25.5. The summed E-state index contributed by atoms with van der Waals surface area (Å²) in [4.78, 5) is 2.31. The molecular weight excluding hydrogens is 555 g/mol. The second-order valence-electron chi connectivity index (χ2n) is 12.6. The number of rotatable bonds is 5. The maximum Gasteiger partial charge on any atom is 0.0468 e.